The Morgan fingerprint density at radius 2 is 2.11 bits per heavy atom. The summed E-state index contributed by atoms with van der Waals surface area (Å²) >= 11 is 3.49. The van der Waals surface area contributed by atoms with Crippen LogP contribution in [0, 0.1) is 0 Å². The molecule has 0 radical (unpaired) electrons. The molecule has 0 aliphatic rings. The number of rotatable bonds is 5. The lowest BCUT2D eigenvalue weighted by molar-refractivity contribution is 0.441. The first-order chi connectivity index (χ1) is 8.70. The fraction of sp³-hybridized carbons (Fsp3) is 0.333. The molecule has 0 aliphatic heterocycles. The van der Waals surface area contributed by atoms with Crippen molar-refractivity contribution in [1.29, 1.82) is 0 Å². The van der Waals surface area contributed by atoms with E-state index in [4.69, 9.17) is 4.42 Å². The van der Waals surface area contributed by atoms with Crippen LogP contribution in [0.4, 0.5) is 6.01 Å². The van der Waals surface area contributed by atoms with Gasteiger partial charge in [0.05, 0.1) is 6.04 Å². The normalized spacial score (nSPS) is 12.4. The van der Waals surface area contributed by atoms with Crippen molar-refractivity contribution >= 4 is 21.9 Å². The minimum Gasteiger partial charge on any atom is -0.406 e. The molecule has 18 heavy (non-hydrogen) atoms. The molecular weight excluding hydrogens is 296 g/mol. The number of hydrogen-bond acceptors (Lipinski definition) is 5. The molecule has 0 bridgehead atoms. The highest BCUT2D eigenvalue weighted by atomic mass is 79.9. The minimum absolute atomic E-state index is 0.0523. The van der Waals surface area contributed by atoms with Crippen molar-refractivity contribution in [3.05, 3.63) is 40.2 Å². The summed E-state index contributed by atoms with van der Waals surface area (Å²) in [6, 6.07) is 8.49. The first kappa shape index (κ1) is 13.0. The van der Waals surface area contributed by atoms with Gasteiger partial charge in [0, 0.05) is 11.0 Å². The van der Waals surface area contributed by atoms with Gasteiger partial charge in [-0.05, 0) is 25.6 Å². The van der Waals surface area contributed by atoms with Crippen LogP contribution in [0.15, 0.2) is 33.2 Å². The van der Waals surface area contributed by atoms with Crippen LogP contribution in [0.25, 0.3) is 0 Å². The van der Waals surface area contributed by atoms with E-state index in [1.165, 1.54) is 0 Å². The van der Waals surface area contributed by atoms with Crippen LogP contribution in [0.1, 0.15) is 24.4 Å². The van der Waals surface area contributed by atoms with Crippen LogP contribution in [0.5, 0.6) is 0 Å². The Morgan fingerprint density at radius 1 is 1.33 bits per heavy atom. The summed E-state index contributed by atoms with van der Waals surface area (Å²) in [4.78, 5) is 0. The lowest BCUT2D eigenvalue weighted by Crippen LogP contribution is -2.12. The van der Waals surface area contributed by atoms with Crippen molar-refractivity contribution in [2.75, 3.05) is 12.4 Å². The molecule has 5 nitrogen and oxygen atoms in total. The molecule has 96 valence electrons. The number of benzene rings is 1. The number of aromatic nitrogens is 2. The Bertz CT molecular complexity index is 514. The lowest BCUT2D eigenvalue weighted by atomic mass is 10.2. The Labute approximate surface area is 114 Å². The van der Waals surface area contributed by atoms with Crippen molar-refractivity contribution in [3.8, 4) is 0 Å². The molecule has 2 aromatic rings. The van der Waals surface area contributed by atoms with E-state index >= 15 is 0 Å². The zero-order chi connectivity index (χ0) is 13.0. The Kier molecular flexibility index (Phi) is 4.33. The summed E-state index contributed by atoms with van der Waals surface area (Å²) in [6.45, 7) is 2.60. The molecule has 1 atom stereocenters. The molecule has 0 saturated heterocycles. The lowest BCUT2D eigenvalue weighted by Gasteiger charge is -2.04. The highest BCUT2D eigenvalue weighted by Gasteiger charge is 2.11. The predicted molar refractivity (Wildman–Crippen MR) is 73.2 cm³/mol. The number of halogens is 1. The van der Waals surface area contributed by atoms with E-state index in [0.717, 1.165) is 10.0 Å². The second kappa shape index (κ2) is 5.97. The van der Waals surface area contributed by atoms with Crippen LogP contribution in [0.3, 0.4) is 0 Å². The first-order valence-corrected chi connectivity index (χ1v) is 6.48. The zero-order valence-corrected chi connectivity index (χ0v) is 11.9. The number of hydrogen-bond donors (Lipinski definition) is 2. The smallest absolute Gasteiger partial charge is 0.315 e. The quantitative estimate of drug-likeness (QED) is 0.889. The molecule has 0 spiro atoms. The van der Waals surface area contributed by atoms with Crippen molar-refractivity contribution < 1.29 is 4.42 Å². The summed E-state index contributed by atoms with van der Waals surface area (Å²) in [5.41, 5.74) is 1.14. The van der Waals surface area contributed by atoms with Gasteiger partial charge in [-0.25, -0.2) is 0 Å². The number of anilines is 1. The molecule has 6 heteroatoms. The second-order valence-corrected chi connectivity index (χ2v) is 4.76. The van der Waals surface area contributed by atoms with Gasteiger partial charge in [0.2, 0.25) is 5.89 Å². The van der Waals surface area contributed by atoms with E-state index in [9.17, 15) is 0 Å². The monoisotopic (exact) mass is 310 g/mol. The molecule has 1 heterocycles. The molecule has 1 aromatic carbocycles. The summed E-state index contributed by atoms with van der Waals surface area (Å²) in [5, 5.41) is 14.1. The van der Waals surface area contributed by atoms with E-state index in [0.29, 0.717) is 18.5 Å². The summed E-state index contributed by atoms with van der Waals surface area (Å²) in [5.74, 6) is 0.576. The second-order valence-electron chi connectivity index (χ2n) is 3.90. The summed E-state index contributed by atoms with van der Waals surface area (Å²) in [6.07, 6.45) is 0. The van der Waals surface area contributed by atoms with E-state index in [-0.39, 0.29) is 6.04 Å². The average Bonchev–Trinajstić information content (AvgIpc) is 2.86. The van der Waals surface area contributed by atoms with Gasteiger partial charge in [0.25, 0.3) is 0 Å². The SMILES string of the molecule is CNC(C)c1nnc(NCc2ccccc2Br)o1. The van der Waals surface area contributed by atoms with Crippen LogP contribution in [-0.2, 0) is 6.54 Å². The molecule has 0 fully saturated rings. The van der Waals surface area contributed by atoms with Crippen LogP contribution < -0.4 is 10.6 Å². The van der Waals surface area contributed by atoms with Crippen LogP contribution in [0.2, 0.25) is 0 Å². The Morgan fingerprint density at radius 3 is 2.83 bits per heavy atom. The van der Waals surface area contributed by atoms with Crippen molar-refractivity contribution in [3.63, 3.8) is 0 Å². The van der Waals surface area contributed by atoms with Gasteiger partial charge in [-0.1, -0.05) is 39.2 Å². The fourth-order valence-corrected chi connectivity index (χ4v) is 1.84. The molecule has 0 amide bonds. The topological polar surface area (TPSA) is 63.0 Å². The standard InChI is InChI=1S/C12H15BrN4O/c1-8(14-2)11-16-17-12(18-11)15-7-9-5-3-4-6-10(9)13/h3-6,8,14H,7H2,1-2H3,(H,15,17). The number of nitrogens with zero attached hydrogens (tertiary/aromatic N) is 2. The van der Waals surface area contributed by atoms with E-state index < -0.39 is 0 Å². The van der Waals surface area contributed by atoms with Crippen LogP contribution in [-0.4, -0.2) is 17.2 Å². The molecule has 2 rings (SSSR count). The zero-order valence-electron chi connectivity index (χ0n) is 10.3. The maximum atomic E-state index is 5.49. The van der Waals surface area contributed by atoms with Crippen molar-refractivity contribution in [2.24, 2.45) is 0 Å². The maximum absolute atomic E-state index is 5.49. The van der Waals surface area contributed by atoms with E-state index in [1.807, 2.05) is 38.2 Å². The van der Waals surface area contributed by atoms with E-state index in [2.05, 4.69) is 36.8 Å². The number of nitrogens with one attached hydrogen (secondary N) is 2. The molecule has 1 unspecified atom stereocenters. The minimum atomic E-state index is 0.0523. The third-order valence-corrected chi connectivity index (χ3v) is 3.41. The van der Waals surface area contributed by atoms with Gasteiger partial charge in [0.15, 0.2) is 0 Å². The van der Waals surface area contributed by atoms with Gasteiger partial charge >= 0.3 is 6.01 Å². The van der Waals surface area contributed by atoms with Gasteiger partial charge in [0.1, 0.15) is 0 Å². The van der Waals surface area contributed by atoms with Crippen molar-refractivity contribution in [2.45, 2.75) is 19.5 Å². The summed E-state index contributed by atoms with van der Waals surface area (Å²) < 4.78 is 6.54. The van der Waals surface area contributed by atoms with Gasteiger partial charge < -0.3 is 15.1 Å². The van der Waals surface area contributed by atoms with Gasteiger partial charge in [-0.2, -0.15) is 0 Å². The first-order valence-electron chi connectivity index (χ1n) is 5.68. The molecular formula is C12H15BrN4O. The van der Waals surface area contributed by atoms with Crippen molar-refractivity contribution in [1.82, 2.24) is 15.5 Å². The third kappa shape index (κ3) is 3.08. The van der Waals surface area contributed by atoms with Gasteiger partial charge in [-0.3, -0.25) is 0 Å². The Hall–Kier alpha value is -1.40. The molecule has 0 aliphatic carbocycles. The van der Waals surface area contributed by atoms with E-state index in [1.54, 1.807) is 0 Å². The predicted octanol–water partition coefficient (Wildman–Crippen LogP) is 2.72. The highest BCUT2D eigenvalue weighted by Crippen LogP contribution is 2.18. The largest absolute Gasteiger partial charge is 0.406 e. The average molecular weight is 311 g/mol. The molecule has 2 N–H and O–H groups in total. The van der Waals surface area contributed by atoms with Crippen LogP contribution >= 0.6 is 15.9 Å². The molecule has 0 saturated carbocycles. The third-order valence-electron chi connectivity index (χ3n) is 2.63. The maximum Gasteiger partial charge on any atom is 0.315 e. The Balaban J connectivity index is 1.98. The van der Waals surface area contributed by atoms with Gasteiger partial charge in [-0.15, -0.1) is 5.10 Å². The highest BCUT2D eigenvalue weighted by molar-refractivity contribution is 9.10. The fourth-order valence-electron chi connectivity index (χ4n) is 1.42. The summed E-state index contributed by atoms with van der Waals surface area (Å²) in [7, 11) is 1.85. The molecule has 1 aromatic heterocycles.